The zero-order valence-corrected chi connectivity index (χ0v) is 19.4. The van der Waals surface area contributed by atoms with Crippen molar-refractivity contribution in [1.82, 2.24) is 9.80 Å². The Balaban J connectivity index is 1.41. The highest BCUT2D eigenvalue weighted by atomic mass is 32.2. The van der Waals surface area contributed by atoms with E-state index in [2.05, 4.69) is 11.0 Å². The molecule has 0 spiro atoms. The number of piperidine rings is 1. The van der Waals surface area contributed by atoms with E-state index >= 15 is 0 Å². The van der Waals surface area contributed by atoms with Crippen LogP contribution in [0.25, 0.3) is 0 Å². The van der Waals surface area contributed by atoms with E-state index in [4.69, 9.17) is 16.8 Å². The minimum absolute atomic E-state index is 0.00727. The van der Waals surface area contributed by atoms with Crippen LogP contribution in [0.3, 0.4) is 0 Å². The number of likely N-dealkylation sites (tertiary alicyclic amines) is 1. The molecule has 4 aliphatic rings. The zero-order valence-electron chi connectivity index (χ0n) is 17.0. The maximum absolute atomic E-state index is 12.5. The molecular formula is C21H28N2O4S3. The van der Waals surface area contributed by atoms with Crippen LogP contribution in [0, 0.1) is 11.8 Å². The van der Waals surface area contributed by atoms with Gasteiger partial charge in [-0.1, -0.05) is 49.3 Å². The minimum atomic E-state index is -4.08. The van der Waals surface area contributed by atoms with Crippen LogP contribution in [0.5, 0.6) is 0 Å². The number of carbonyl (C=O) groups excluding carboxylic acids is 1. The van der Waals surface area contributed by atoms with E-state index in [0.29, 0.717) is 10.8 Å². The van der Waals surface area contributed by atoms with Crippen LogP contribution in [-0.2, 0) is 14.9 Å². The van der Waals surface area contributed by atoms with Crippen LogP contribution in [0.4, 0.5) is 0 Å². The number of hydrogen-bond acceptors (Lipinski definition) is 6. The van der Waals surface area contributed by atoms with E-state index in [1.165, 1.54) is 54.5 Å². The molecule has 1 N–H and O–H groups in total. The third-order valence-electron chi connectivity index (χ3n) is 6.60. The lowest BCUT2D eigenvalue weighted by Crippen LogP contribution is -2.41. The van der Waals surface area contributed by atoms with Gasteiger partial charge in [0, 0.05) is 36.6 Å². The molecule has 6 nitrogen and oxygen atoms in total. The molecular weight excluding hydrogens is 440 g/mol. The second kappa shape index (κ2) is 9.14. The molecule has 0 aromatic rings. The summed E-state index contributed by atoms with van der Waals surface area (Å²) >= 11 is 7.04. The third-order valence-corrected chi connectivity index (χ3v) is 8.72. The molecule has 0 bridgehead atoms. The first-order valence-corrected chi connectivity index (χ1v) is 13.6. The van der Waals surface area contributed by atoms with Gasteiger partial charge in [-0.3, -0.25) is 9.35 Å². The van der Waals surface area contributed by atoms with Crippen LogP contribution in [0.15, 0.2) is 34.4 Å². The van der Waals surface area contributed by atoms with E-state index in [9.17, 15) is 13.2 Å². The van der Waals surface area contributed by atoms with Gasteiger partial charge in [-0.25, -0.2) is 0 Å². The Morgan fingerprint density at radius 3 is 2.70 bits per heavy atom. The summed E-state index contributed by atoms with van der Waals surface area (Å²) in [5.41, 5.74) is 2.17. The Kier molecular flexibility index (Phi) is 6.72. The maximum Gasteiger partial charge on any atom is 0.266 e. The standard InChI is InChI=1S/C21H28N2O4S3/c24-21-20(29-14-23(21)9-10-30(25,26)27)11-16-5-6-18(12-19(16)28)22-8-7-15-3-1-2-4-17(15)13-22/h5-6,11,15,17H,1-4,7-10,12-14H2,(H,25,26,27). The molecule has 164 valence electrons. The molecule has 2 heterocycles. The lowest BCUT2D eigenvalue weighted by Gasteiger charge is -2.43. The zero-order chi connectivity index (χ0) is 21.3. The fourth-order valence-electron chi connectivity index (χ4n) is 4.87. The van der Waals surface area contributed by atoms with Crippen LogP contribution in [0.2, 0.25) is 0 Å². The van der Waals surface area contributed by atoms with Crippen LogP contribution in [-0.4, -0.2) is 64.8 Å². The fourth-order valence-corrected chi connectivity index (χ4v) is 6.60. The topological polar surface area (TPSA) is 77.9 Å². The highest BCUT2D eigenvalue weighted by Crippen LogP contribution is 2.38. The molecule has 4 rings (SSSR count). The molecule has 0 aromatic heterocycles. The van der Waals surface area contributed by atoms with Gasteiger partial charge in [-0.05, 0) is 42.4 Å². The monoisotopic (exact) mass is 468 g/mol. The fraction of sp³-hybridized carbons (Fsp3) is 0.619. The summed E-state index contributed by atoms with van der Waals surface area (Å²) in [6.07, 6.45) is 13.5. The first kappa shape index (κ1) is 22.0. The van der Waals surface area contributed by atoms with Crippen LogP contribution >= 0.6 is 24.0 Å². The van der Waals surface area contributed by atoms with Gasteiger partial charge in [-0.2, -0.15) is 8.42 Å². The van der Waals surface area contributed by atoms with Gasteiger partial charge in [0.15, 0.2) is 0 Å². The molecule has 0 radical (unpaired) electrons. The number of allylic oxidation sites excluding steroid dienone is 5. The average Bonchev–Trinajstić information content (AvgIpc) is 3.06. The van der Waals surface area contributed by atoms with Gasteiger partial charge in [0.05, 0.1) is 16.5 Å². The molecule has 1 amide bonds. The Morgan fingerprint density at radius 1 is 1.20 bits per heavy atom. The minimum Gasteiger partial charge on any atom is -0.374 e. The van der Waals surface area contributed by atoms with Crippen molar-refractivity contribution in [3.8, 4) is 0 Å². The van der Waals surface area contributed by atoms with Crippen LogP contribution < -0.4 is 0 Å². The van der Waals surface area contributed by atoms with Crippen molar-refractivity contribution in [1.29, 1.82) is 0 Å². The first-order chi connectivity index (χ1) is 14.3. The lowest BCUT2D eigenvalue weighted by molar-refractivity contribution is -0.124. The number of rotatable bonds is 5. The first-order valence-electron chi connectivity index (χ1n) is 10.6. The molecule has 9 heteroatoms. The van der Waals surface area contributed by atoms with Crippen molar-refractivity contribution in [2.24, 2.45) is 11.8 Å². The van der Waals surface area contributed by atoms with Crippen molar-refractivity contribution in [2.75, 3.05) is 31.3 Å². The molecule has 2 aliphatic carbocycles. The van der Waals surface area contributed by atoms with Gasteiger partial charge in [0.1, 0.15) is 0 Å². The molecule has 2 atom stereocenters. The van der Waals surface area contributed by atoms with E-state index in [1.807, 2.05) is 12.2 Å². The number of thioether (sulfide) groups is 1. The third kappa shape index (κ3) is 5.18. The average molecular weight is 469 g/mol. The van der Waals surface area contributed by atoms with E-state index in [0.717, 1.165) is 41.8 Å². The second-order valence-corrected chi connectivity index (χ2v) is 11.6. The molecule has 0 aromatic carbocycles. The van der Waals surface area contributed by atoms with Crippen molar-refractivity contribution >= 4 is 44.9 Å². The van der Waals surface area contributed by atoms with E-state index < -0.39 is 15.9 Å². The van der Waals surface area contributed by atoms with Crippen molar-refractivity contribution in [2.45, 2.75) is 38.5 Å². The molecule has 2 saturated heterocycles. The molecule has 2 unspecified atom stereocenters. The summed E-state index contributed by atoms with van der Waals surface area (Å²) in [6.45, 7) is 2.24. The summed E-state index contributed by atoms with van der Waals surface area (Å²) < 4.78 is 30.8. The molecule has 30 heavy (non-hydrogen) atoms. The lowest BCUT2D eigenvalue weighted by atomic mass is 9.75. The Bertz CT molecular complexity index is 923. The predicted octanol–water partition coefficient (Wildman–Crippen LogP) is 3.39. The van der Waals surface area contributed by atoms with E-state index in [1.54, 1.807) is 0 Å². The normalized spacial score (nSPS) is 29.2. The smallest absolute Gasteiger partial charge is 0.266 e. The summed E-state index contributed by atoms with van der Waals surface area (Å²) in [5, 5.41) is 0. The summed E-state index contributed by atoms with van der Waals surface area (Å²) in [4.78, 5) is 17.9. The van der Waals surface area contributed by atoms with Crippen molar-refractivity contribution in [3.05, 3.63) is 34.4 Å². The molecule has 3 fully saturated rings. The predicted molar refractivity (Wildman–Crippen MR) is 124 cm³/mol. The van der Waals surface area contributed by atoms with Gasteiger partial charge in [0.25, 0.3) is 16.0 Å². The highest BCUT2D eigenvalue weighted by molar-refractivity contribution is 8.04. The summed E-state index contributed by atoms with van der Waals surface area (Å²) in [7, 11) is -4.08. The highest BCUT2D eigenvalue weighted by Gasteiger charge is 2.33. The van der Waals surface area contributed by atoms with Crippen molar-refractivity contribution in [3.63, 3.8) is 0 Å². The van der Waals surface area contributed by atoms with Gasteiger partial charge >= 0.3 is 0 Å². The Hall–Kier alpha value is -1.16. The van der Waals surface area contributed by atoms with Gasteiger partial charge < -0.3 is 9.80 Å². The molecule has 2 aliphatic heterocycles. The number of thiocarbonyl (C=S) groups is 1. The number of amides is 1. The second-order valence-electron chi connectivity index (χ2n) is 8.56. The van der Waals surface area contributed by atoms with Gasteiger partial charge in [0.2, 0.25) is 0 Å². The SMILES string of the molecule is O=C1C(=CC2=CC=C(N3CCC4CCCCC4C3)CC2=S)SCN1CCS(=O)(=O)O. The maximum atomic E-state index is 12.5. The molecule has 1 saturated carbocycles. The van der Waals surface area contributed by atoms with Crippen LogP contribution in [0.1, 0.15) is 38.5 Å². The largest absolute Gasteiger partial charge is 0.374 e. The quantitative estimate of drug-likeness (QED) is 0.376. The van der Waals surface area contributed by atoms with Gasteiger partial charge in [-0.15, -0.1) is 0 Å². The number of nitrogens with zero attached hydrogens (tertiary/aromatic N) is 2. The number of carbonyl (C=O) groups is 1. The summed E-state index contributed by atoms with van der Waals surface area (Å²) in [5.74, 6) is 1.45. The number of fused-ring (bicyclic) bond motifs is 1. The van der Waals surface area contributed by atoms with E-state index in [-0.39, 0.29) is 12.5 Å². The summed E-state index contributed by atoms with van der Waals surface area (Å²) in [6, 6.07) is 0. The number of hydrogen-bond donors (Lipinski definition) is 1. The Morgan fingerprint density at radius 2 is 1.97 bits per heavy atom. The Labute approximate surface area is 188 Å². The van der Waals surface area contributed by atoms with Crippen molar-refractivity contribution < 1.29 is 17.8 Å².